The highest BCUT2D eigenvalue weighted by Crippen LogP contribution is 2.03. The van der Waals surface area contributed by atoms with Crippen LogP contribution in [-0.4, -0.2) is 76.0 Å². The number of benzene rings is 1. The first-order valence-corrected chi connectivity index (χ1v) is 9.71. The van der Waals surface area contributed by atoms with E-state index in [1.54, 1.807) is 0 Å². The molecule has 0 saturated carbocycles. The van der Waals surface area contributed by atoms with E-state index in [4.69, 9.17) is 0 Å². The predicted molar refractivity (Wildman–Crippen MR) is 110 cm³/mol. The van der Waals surface area contributed by atoms with Gasteiger partial charge in [-0.1, -0.05) is 30.3 Å². The van der Waals surface area contributed by atoms with Gasteiger partial charge in [0.15, 0.2) is 15.8 Å². The summed E-state index contributed by atoms with van der Waals surface area (Å²) in [6.07, 6.45) is 0. The van der Waals surface area contributed by atoms with Crippen LogP contribution < -0.4 is 5.32 Å². The molecule has 0 radical (unpaired) electrons. The molecule has 2 rings (SSSR count). The minimum atomic E-state index is -2.80. The number of rotatable bonds is 5. The second-order valence-corrected chi connectivity index (χ2v) is 8.24. The maximum Gasteiger partial charge on any atom is 0.193 e. The summed E-state index contributed by atoms with van der Waals surface area (Å²) in [6.45, 7) is 3.48. The first kappa shape index (κ1) is 21.2. The van der Waals surface area contributed by atoms with E-state index in [1.165, 1.54) is 5.56 Å². The topological polar surface area (TPSA) is 65.0 Å². The molecule has 0 atom stereocenters. The van der Waals surface area contributed by atoms with Gasteiger partial charge in [0, 0.05) is 40.3 Å². The quantitative estimate of drug-likeness (QED) is 0.399. The van der Waals surface area contributed by atoms with Crippen LogP contribution in [0.15, 0.2) is 35.3 Å². The van der Waals surface area contributed by atoms with Gasteiger partial charge in [0.1, 0.15) is 0 Å². The lowest BCUT2D eigenvalue weighted by molar-refractivity contribution is 0.299. The van der Waals surface area contributed by atoms with Gasteiger partial charge in [-0.25, -0.2) is 13.4 Å². The molecule has 136 valence electrons. The number of aliphatic imine (C=N–C) groups is 1. The summed E-state index contributed by atoms with van der Waals surface area (Å²) in [5, 5.41) is 3.34. The third kappa shape index (κ3) is 7.35. The Balaban J connectivity index is 0.00000288. The molecule has 1 saturated heterocycles. The summed E-state index contributed by atoms with van der Waals surface area (Å²) in [5.74, 6) is 1.39. The Labute approximate surface area is 162 Å². The monoisotopic (exact) mass is 466 g/mol. The van der Waals surface area contributed by atoms with Crippen LogP contribution in [0, 0.1) is 0 Å². The van der Waals surface area contributed by atoms with Gasteiger partial charge in [-0.05, 0) is 5.56 Å². The smallest absolute Gasteiger partial charge is 0.193 e. The van der Waals surface area contributed by atoms with Crippen molar-refractivity contribution in [2.45, 2.75) is 6.54 Å². The fourth-order valence-corrected chi connectivity index (χ4v) is 3.68. The minimum Gasteiger partial charge on any atom is -0.355 e. The number of nitrogens with one attached hydrogen (secondary N) is 1. The van der Waals surface area contributed by atoms with Gasteiger partial charge in [-0.3, -0.25) is 4.90 Å². The predicted octanol–water partition coefficient (Wildman–Crippen LogP) is 1.04. The van der Waals surface area contributed by atoms with Crippen LogP contribution >= 0.6 is 24.0 Å². The number of hydrogen-bond acceptors (Lipinski definition) is 4. The second-order valence-electron chi connectivity index (χ2n) is 5.94. The van der Waals surface area contributed by atoms with Crippen molar-refractivity contribution in [1.29, 1.82) is 0 Å². The van der Waals surface area contributed by atoms with Crippen molar-refractivity contribution < 1.29 is 8.42 Å². The highest BCUT2D eigenvalue weighted by molar-refractivity contribution is 14.0. The zero-order chi connectivity index (χ0) is 16.7. The van der Waals surface area contributed by atoms with Crippen molar-refractivity contribution in [2.24, 2.45) is 4.99 Å². The molecule has 1 aromatic rings. The average molecular weight is 466 g/mol. The zero-order valence-electron chi connectivity index (χ0n) is 14.3. The largest absolute Gasteiger partial charge is 0.355 e. The summed E-state index contributed by atoms with van der Waals surface area (Å²) in [7, 11) is 1.12. The maximum absolute atomic E-state index is 11.4. The fourth-order valence-electron chi connectivity index (χ4n) is 2.40. The van der Waals surface area contributed by atoms with Gasteiger partial charge in [0.25, 0.3) is 0 Å². The van der Waals surface area contributed by atoms with Gasteiger partial charge in [0.2, 0.25) is 0 Å². The lowest BCUT2D eigenvalue weighted by Gasteiger charge is -2.27. The van der Waals surface area contributed by atoms with E-state index in [0.29, 0.717) is 19.6 Å². The molecule has 1 fully saturated rings. The third-order valence-corrected chi connectivity index (χ3v) is 5.44. The lowest BCUT2D eigenvalue weighted by Crippen LogP contribution is -2.45. The van der Waals surface area contributed by atoms with Gasteiger partial charge >= 0.3 is 0 Å². The van der Waals surface area contributed by atoms with E-state index in [-0.39, 0.29) is 35.5 Å². The Morgan fingerprint density at radius 2 is 1.83 bits per heavy atom. The Morgan fingerprint density at radius 1 is 1.21 bits per heavy atom. The molecule has 1 N–H and O–H groups in total. The summed E-state index contributed by atoms with van der Waals surface area (Å²) in [5.41, 5.74) is 1.18. The Hall–Kier alpha value is -0.870. The van der Waals surface area contributed by atoms with Crippen LogP contribution in [0.2, 0.25) is 0 Å². The number of halogens is 1. The van der Waals surface area contributed by atoms with Gasteiger partial charge in [-0.2, -0.15) is 0 Å². The van der Waals surface area contributed by atoms with E-state index in [2.05, 4.69) is 27.3 Å². The summed E-state index contributed by atoms with van der Waals surface area (Å²) in [6, 6.07) is 10.1. The molecule has 1 heterocycles. The van der Waals surface area contributed by atoms with Crippen molar-refractivity contribution in [1.82, 2.24) is 15.1 Å². The molecule has 0 amide bonds. The first-order chi connectivity index (χ1) is 11.0. The lowest BCUT2D eigenvalue weighted by atomic mass is 10.2. The molecule has 6 nitrogen and oxygen atoms in total. The average Bonchev–Trinajstić information content (AvgIpc) is 2.52. The van der Waals surface area contributed by atoms with Crippen molar-refractivity contribution in [3.63, 3.8) is 0 Å². The van der Waals surface area contributed by atoms with Crippen LogP contribution in [0.1, 0.15) is 5.56 Å². The molecule has 24 heavy (non-hydrogen) atoms. The number of nitrogens with zero attached hydrogens (tertiary/aromatic N) is 3. The summed E-state index contributed by atoms with van der Waals surface area (Å²) in [4.78, 5) is 8.76. The van der Waals surface area contributed by atoms with Crippen molar-refractivity contribution in [3.8, 4) is 0 Å². The Kier molecular flexibility index (Phi) is 8.99. The molecular weight excluding hydrogens is 439 g/mol. The minimum absolute atomic E-state index is 0. The van der Waals surface area contributed by atoms with Crippen molar-refractivity contribution >= 4 is 39.8 Å². The van der Waals surface area contributed by atoms with Crippen LogP contribution in [-0.2, 0) is 16.4 Å². The molecule has 1 aromatic carbocycles. The molecular formula is C16H27IN4O2S. The number of hydrogen-bond donors (Lipinski definition) is 1. The second kappa shape index (κ2) is 10.2. The van der Waals surface area contributed by atoms with Crippen molar-refractivity contribution in [3.05, 3.63) is 35.9 Å². The SMILES string of the molecule is CN(C)C(=NCc1ccccc1)NCCN1CCS(=O)(=O)CC1.I. The molecule has 8 heteroatoms. The molecule has 0 bridgehead atoms. The van der Waals surface area contributed by atoms with E-state index in [1.807, 2.05) is 37.2 Å². The van der Waals surface area contributed by atoms with Gasteiger partial charge in [0.05, 0.1) is 18.1 Å². The highest BCUT2D eigenvalue weighted by Gasteiger charge is 2.20. The van der Waals surface area contributed by atoms with Crippen LogP contribution in [0.4, 0.5) is 0 Å². The molecule has 0 aromatic heterocycles. The fraction of sp³-hybridized carbons (Fsp3) is 0.562. The molecule has 0 unspecified atom stereocenters. The third-order valence-electron chi connectivity index (χ3n) is 3.83. The Bertz CT molecular complexity index is 606. The molecule has 1 aliphatic rings. The van der Waals surface area contributed by atoms with E-state index < -0.39 is 9.84 Å². The zero-order valence-corrected chi connectivity index (χ0v) is 17.5. The van der Waals surface area contributed by atoms with Crippen LogP contribution in [0.25, 0.3) is 0 Å². The van der Waals surface area contributed by atoms with Gasteiger partial charge in [-0.15, -0.1) is 24.0 Å². The first-order valence-electron chi connectivity index (χ1n) is 7.89. The van der Waals surface area contributed by atoms with E-state index in [0.717, 1.165) is 19.0 Å². The number of sulfone groups is 1. The van der Waals surface area contributed by atoms with Crippen molar-refractivity contribution in [2.75, 3.05) is 51.8 Å². The van der Waals surface area contributed by atoms with Gasteiger partial charge < -0.3 is 10.2 Å². The van der Waals surface area contributed by atoms with E-state index >= 15 is 0 Å². The maximum atomic E-state index is 11.4. The molecule has 0 spiro atoms. The van der Waals surface area contributed by atoms with Crippen LogP contribution in [0.5, 0.6) is 0 Å². The van der Waals surface area contributed by atoms with E-state index in [9.17, 15) is 8.42 Å². The summed E-state index contributed by atoms with van der Waals surface area (Å²) >= 11 is 0. The standard InChI is InChI=1S/C16H26N4O2S.HI/c1-19(2)16(18-14-15-6-4-3-5-7-15)17-8-9-20-10-12-23(21,22)13-11-20;/h3-7H,8-14H2,1-2H3,(H,17,18);1H. The highest BCUT2D eigenvalue weighted by atomic mass is 127. The Morgan fingerprint density at radius 3 is 2.42 bits per heavy atom. The summed E-state index contributed by atoms with van der Waals surface area (Å²) < 4.78 is 22.8. The number of guanidine groups is 1. The van der Waals surface area contributed by atoms with Crippen LogP contribution in [0.3, 0.4) is 0 Å². The molecule has 1 aliphatic heterocycles. The normalized spacial score (nSPS) is 17.8. The molecule has 0 aliphatic carbocycles.